The first kappa shape index (κ1) is 21.5. The maximum atomic E-state index is 13.0. The van der Waals surface area contributed by atoms with Gasteiger partial charge in [-0.05, 0) is 25.1 Å². The number of aromatic nitrogens is 2. The SMILES string of the molecule is Cc1cc(NC(=O)C2CNCCO2)n(-c2cc(C(F)(F)F)ccc2Cl)n1.Cl. The van der Waals surface area contributed by atoms with E-state index in [9.17, 15) is 18.0 Å². The number of alkyl halides is 3. The van der Waals surface area contributed by atoms with Crippen LogP contribution in [0, 0.1) is 6.92 Å². The van der Waals surface area contributed by atoms with E-state index < -0.39 is 23.8 Å². The summed E-state index contributed by atoms with van der Waals surface area (Å²) >= 11 is 6.07. The van der Waals surface area contributed by atoms with E-state index in [0.717, 1.165) is 18.2 Å². The van der Waals surface area contributed by atoms with Crippen LogP contribution in [0.3, 0.4) is 0 Å². The van der Waals surface area contributed by atoms with Crippen molar-refractivity contribution in [2.45, 2.75) is 19.2 Å². The van der Waals surface area contributed by atoms with Gasteiger partial charge in [0, 0.05) is 19.2 Å². The third-order valence-electron chi connectivity index (χ3n) is 3.80. The Labute approximate surface area is 164 Å². The van der Waals surface area contributed by atoms with E-state index in [2.05, 4.69) is 15.7 Å². The van der Waals surface area contributed by atoms with Gasteiger partial charge >= 0.3 is 6.18 Å². The van der Waals surface area contributed by atoms with Gasteiger partial charge in [0.05, 0.1) is 28.6 Å². The van der Waals surface area contributed by atoms with Crippen LogP contribution in [-0.2, 0) is 15.7 Å². The van der Waals surface area contributed by atoms with Crippen molar-refractivity contribution >= 4 is 35.7 Å². The monoisotopic (exact) mass is 424 g/mol. The minimum Gasteiger partial charge on any atom is -0.366 e. The number of nitrogens with zero attached hydrogens (tertiary/aromatic N) is 2. The Kier molecular flexibility index (Phi) is 6.74. The molecule has 0 saturated carbocycles. The summed E-state index contributed by atoms with van der Waals surface area (Å²) < 4.78 is 45.6. The Hall–Kier alpha value is -1.81. The predicted octanol–water partition coefficient (Wildman–Crippen LogP) is 3.20. The fourth-order valence-electron chi connectivity index (χ4n) is 2.56. The van der Waals surface area contributed by atoms with Gasteiger partial charge in [-0.25, -0.2) is 4.68 Å². The Bertz CT molecular complexity index is 820. The normalized spacial score (nSPS) is 17.3. The molecule has 0 bridgehead atoms. The van der Waals surface area contributed by atoms with Gasteiger partial charge in [0.1, 0.15) is 11.9 Å². The van der Waals surface area contributed by atoms with Crippen molar-refractivity contribution in [3.8, 4) is 5.69 Å². The van der Waals surface area contributed by atoms with Crippen LogP contribution in [0.4, 0.5) is 19.0 Å². The number of hydrogen-bond acceptors (Lipinski definition) is 4. The van der Waals surface area contributed by atoms with Gasteiger partial charge in [-0.15, -0.1) is 12.4 Å². The maximum absolute atomic E-state index is 13.0. The van der Waals surface area contributed by atoms with Gasteiger partial charge in [-0.3, -0.25) is 4.79 Å². The summed E-state index contributed by atoms with van der Waals surface area (Å²) in [4.78, 5) is 12.3. The topological polar surface area (TPSA) is 68.2 Å². The molecule has 0 radical (unpaired) electrons. The summed E-state index contributed by atoms with van der Waals surface area (Å²) in [6.07, 6.45) is -5.21. The zero-order valence-corrected chi connectivity index (χ0v) is 15.7. The van der Waals surface area contributed by atoms with Crippen LogP contribution in [0.5, 0.6) is 0 Å². The molecule has 1 saturated heterocycles. The average molecular weight is 425 g/mol. The maximum Gasteiger partial charge on any atom is 0.416 e. The third-order valence-corrected chi connectivity index (χ3v) is 4.12. The van der Waals surface area contributed by atoms with Crippen LogP contribution >= 0.6 is 24.0 Å². The largest absolute Gasteiger partial charge is 0.416 e. The van der Waals surface area contributed by atoms with Gasteiger partial charge < -0.3 is 15.4 Å². The lowest BCUT2D eigenvalue weighted by atomic mass is 10.2. The molecule has 2 aromatic rings. The number of aryl methyl sites for hydroxylation is 1. The van der Waals surface area contributed by atoms with Crippen LogP contribution in [0.2, 0.25) is 5.02 Å². The Morgan fingerprint density at radius 3 is 2.78 bits per heavy atom. The van der Waals surface area contributed by atoms with Crippen molar-refractivity contribution in [1.82, 2.24) is 15.1 Å². The standard InChI is InChI=1S/C16H16ClF3N4O2.ClH/c1-9-6-14(22-15(25)13-8-21-4-5-26-13)24(23-9)12-7-10(16(18,19)20)2-3-11(12)17;/h2-3,6-7,13,21H,4-5,8H2,1H3,(H,22,25);1H. The summed E-state index contributed by atoms with van der Waals surface area (Å²) in [5, 5.41) is 9.91. The number of anilines is 1. The molecule has 1 aliphatic rings. The number of benzene rings is 1. The Morgan fingerprint density at radius 1 is 1.41 bits per heavy atom. The van der Waals surface area contributed by atoms with Gasteiger partial charge in [0.15, 0.2) is 0 Å². The molecular weight excluding hydrogens is 408 g/mol. The molecule has 1 aliphatic heterocycles. The van der Waals surface area contributed by atoms with Crippen molar-refractivity contribution in [3.63, 3.8) is 0 Å². The summed E-state index contributed by atoms with van der Waals surface area (Å²) in [7, 11) is 0. The molecule has 2 heterocycles. The van der Waals surface area contributed by atoms with Gasteiger partial charge in [0.2, 0.25) is 0 Å². The second-order valence-electron chi connectivity index (χ2n) is 5.80. The number of ether oxygens (including phenoxy) is 1. The summed E-state index contributed by atoms with van der Waals surface area (Å²) in [6.45, 7) is 3.06. The van der Waals surface area contributed by atoms with Crippen LogP contribution in [0.1, 0.15) is 11.3 Å². The highest BCUT2D eigenvalue weighted by Gasteiger charge is 2.31. The number of carbonyl (C=O) groups excluding carboxylic acids is 1. The van der Waals surface area contributed by atoms with E-state index in [4.69, 9.17) is 16.3 Å². The predicted molar refractivity (Wildman–Crippen MR) is 96.8 cm³/mol. The molecule has 1 fully saturated rings. The van der Waals surface area contributed by atoms with Crippen LogP contribution in [0.15, 0.2) is 24.3 Å². The summed E-state index contributed by atoms with van der Waals surface area (Å²) in [5.74, 6) is -0.204. The molecule has 1 atom stereocenters. The minimum absolute atomic E-state index is 0. The fourth-order valence-corrected chi connectivity index (χ4v) is 2.76. The molecule has 6 nitrogen and oxygen atoms in total. The highest BCUT2D eigenvalue weighted by atomic mass is 35.5. The molecule has 1 aromatic carbocycles. The van der Waals surface area contributed by atoms with Crippen molar-refractivity contribution in [1.29, 1.82) is 0 Å². The smallest absolute Gasteiger partial charge is 0.366 e. The van der Waals surface area contributed by atoms with Crippen molar-refractivity contribution in [2.75, 3.05) is 25.0 Å². The van der Waals surface area contributed by atoms with Crippen LogP contribution < -0.4 is 10.6 Å². The summed E-state index contributed by atoms with van der Waals surface area (Å²) in [5.41, 5.74) is -0.328. The van der Waals surface area contributed by atoms with E-state index in [1.807, 2.05) is 0 Å². The third kappa shape index (κ3) is 4.92. The number of rotatable bonds is 3. The zero-order chi connectivity index (χ0) is 18.9. The van der Waals surface area contributed by atoms with Crippen molar-refractivity contribution in [2.24, 2.45) is 0 Å². The number of nitrogens with one attached hydrogen (secondary N) is 2. The molecule has 1 unspecified atom stereocenters. The lowest BCUT2D eigenvalue weighted by Crippen LogP contribution is -2.45. The van der Waals surface area contributed by atoms with E-state index in [0.29, 0.717) is 25.4 Å². The number of carbonyl (C=O) groups is 1. The molecule has 0 aliphatic carbocycles. The first-order chi connectivity index (χ1) is 12.3. The van der Waals surface area contributed by atoms with Crippen molar-refractivity contribution in [3.05, 3.63) is 40.5 Å². The first-order valence-electron chi connectivity index (χ1n) is 7.82. The molecule has 0 spiro atoms. The average Bonchev–Trinajstić information content (AvgIpc) is 2.95. The molecule has 27 heavy (non-hydrogen) atoms. The highest BCUT2D eigenvalue weighted by molar-refractivity contribution is 6.32. The molecule has 1 amide bonds. The lowest BCUT2D eigenvalue weighted by Gasteiger charge is -2.22. The fraction of sp³-hybridized carbons (Fsp3) is 0.375. The molecule has 3 rings (SSSR count). The summed E-state index contributed by atoms with van der Waals surface area (Å²) in [6, 6.07) is 4.48. The molecular formula is C16H17Cl2F3N4O2. The first-order valence-corrected chi connectivity index (χ1v) is 8.20. The highest BCUT2D eigenvalue weighted by Crippen LogP contribution is 2.34. The minimum atomic E-state index is -4.52. The van der Waals surface area contributed by atoms with Crippen LogP contribution in [-0.4, -0.2) is 41.5 Å². The number of morpholine rings is 1. The second-order valence-corrected chi connectivity index (χ2v) is 6.21. The second kappa shape index (κ2) is 8.47. The van der Waals surface area contributed by atoms with Gasteiger partial charge in [-0.2, -0.15) is 18.3 Å². The van der Waals surface area contributed by atoms with Gasteiger partial charge in [-0.1, -0.05) is 11.6 Å². The van der Waals surface area contributed by atoms with E-state index >= 15 is 0 Å². The lowest BCUT2D eigenvalue weighted by molar-refractivity contribution is -0.137. The Morgan fingerprint density at radius 2 is 2.15 bits per heavy atom. The molecule has 148 valence electrons. The molecule has 11 heteroatoms. The molecule has 1 aromatic heterocycles. The quantitative estimate of drug-likeness (QED) is 0.793. The van der Waals surface area contributed by atoms with Gasteiger partial charge in [0.25, 0.3) is 5.91 Å². The molecule has 2 N–H and O–H groups in total. The number of hydrogen-bond donors (Lipinski definition) is 2. The number of halogens is 5. The van der Waals surface area contributed by atoms with Crippen LogP contribution in [0.25, 0.3) is 5.69 Å². The van der Waals surface area contributed by atoms with E-state index in [1.54, 1.807) is 13.0 Å². The number of amides is 1. The van der Waals surface area contributed by atoms with E-state index in [1.165, 1.54) is 4.68 Å². The Balaban J connectivity index is 0.00000261. The van der Waals surface area contributed by atoms with E-state index in [-0.39, 0.29) is 28.9 Å². The van der Waals surface area contributed by atoms with Crippen molar-refractivity contribution < 1.29 is 22.7 Å². The zero-order valence-electron chi connectivity index (χ0n) is 14.1.